The highest BCUT2D eigenvalue weighted by molar-refractivity contribution is 7.60. The van der Waals surface area contributed by atoms with E-state index < -0.39 is 54.2 Å². The van der Waals surface area contributed by atoms with Gasteiger partial charge in [-0.3, -0.25) is 81.5 Å². The number of nitrogens with one attached hydrogen (secondary N) is 6. The molecule has 0 aliphatic heterocycles. The van der Waals surface area contributed by atoms with E-state index in [0.29, 0.717) is 139 Å². The normalized spacial score (nSPS) is 12.8. The minimum absolute atomic E-state index is 0. The molecule has 0 aromatic rings. The van der Waals surface area contributed by atoms with E-state index in [1.165, 1.54) is 69.2 Å². The molecule has 43 heteroatoms. The molecule has 0 bridgehead atoms. The van der Waals surface area contributed by atoms with Crippen molar-refractivity contribution in [2.45, 2.75) is 356 Å². The molecule has 0 rings (SSSR count). The van der Waals surface area contributed by atoms with Gasteiger partial charge in [0.2, 0.25) is 35.4 Å². The second kappa shape index (κ2) is 104. The lowest BCUT2D eigenvalue weighted by Gasteiger charge is -2.22. The maximum absolute atomic E-state index is 12.5. The minimum atomic E-state index is -0.935. The zero-order valence-corrected chi connectivity index (χ0v) is 95.9. The smallest absolute Gasteiger partial charge is 0.226 e. The standard InChI is InChI=1S/C17H32N2O3.C16H30N2O3.C15H28N2O3.C14H26N2O4.C14H26N2O3.C13H24N2O3.12H2S/c1-5-7-17(22)19-15(8-6-9-18)16(21)11-14(13(4)20)10-12(2)3;1-5-6-16(21)18-14(7-8-17)15(20)10-13(12(4)19)9-11(2)3;1-5-6-15(20)17-13(9-16)14(19)8-12(11(4)18)7-10(2)3;1-9(17)8-12(10(2)18)14(20)16-13(11(3)19)6-4-5-7-15;1-9(2)7-12(10(3)17)8-14(19)13(5-6-15)16-11(4)18;1-8(2)5-11(9(3)16)6-13(18)12(7-14)15-10(4)17;;;;;;;;;;;;/h12,14-15H,5-11,18H2,1-4H3,(H,19,22);11,13-14H,5-10,17H2,1-4H3,(H,18,21);10,12-13H,5-9,16H2,1-4H3,(H,17,20);10,12-13,18H,4-8,15H2,1-3H3,(H,16,20);9,12-13H,5-8,15H2,1-4H3,(H,16,18);8,11-12H,5-7,14H2,1-4H3,(H,15,17);12*1H2/t14-,15+;13-,14+;12-,13+;10?,12-,13-;12-,13+;11-,12+;;;;;;;;;;;;/m111011............/s1. The Kier molecular flexibility index (Phi) is 135. The number of carbonyl (C=O) groups excluding carboxylic acids is 18. The lowest BCUT2D eigenvalue weighted by atomic mass is 9.87. The van der Waals surface area contributed by atoms with Gasteiger partial charge in [-0.1, -0.05) is 90.0 Å². The van der Waals surface area contributed by atoms with Crippen molar-refractivity contribution in [3.05, 3.63) is 0 Å². The Labute approximate surface area is 877 Å². The molecule has 0 aromatic heterocycles. The van der Waals surface area contributed by atoms with Crippen LogP contribution in [0.25, 0.3) is 0 Å². The fourth-order valence-corrected chi connectivity index (χ4v) is 12.8. The Bertz CT molecular complexity index is 3120. The Morgan fingerprint density at radius 2 is 0.492 bits per heavy atom. The SMILES string of the molecule is CC(=O)C[C@H](C(=O)N[C@@H](CCCCN)C(C)=O)C(C)O.CC(=O)N[C@@H](CCN)C(=O)C[C@@H](CC(C)C)C(C)=O.CC(=O)N[C@@H](CN)C(=O)C[C@@H](CC(C)C)C(C)=O.CCCC(=O)N[C@@H](CCCN)C(=O)C[C@@H](CC(C)C)C(C)=O.CCCC(=O)N[C@@H](CCN)C(=O)C[C@@H](CC(C)C)C(C)=O.CCCC(=O)N[C@@H](CN)C(=O)C[C@@H](CC(C)C)C(C)=O.S.S.S.S.S.S.S.S.S.S.S.S. The summed E-state index contributed by atoms with van der Waals surface area (Å²) in [6.07, 6.45) is 10.8. The summed E-state index contributed by atoms with van der Waals surface area (Å²) in [7, 11) is 0. The Morgan fingerprint density at radius 1 is 0.265 bits per heavy atom. The van der Waals surface area contributed by atoms with E-state index in [4.69, 9.17) is 34.4 Å². The van der Waals surface area contributed by atoms with Crippen LogP contribution in [0.3, 0.4) is 0 Å². The maximum atomic E-state index is 12.5. The van der Waals surface area contributed by atoms with E-state index in [2.05, 4.69) is 31.9 Å². The summed E-state index contributed by atoms with van der Waals surface area (Å²) in [5, 5.41) is 25.5. The molecule has 0 saturated heterocycles. The van der Waals surface area contributed by atoms with Gasteiger partial charge in [0.05, 0.1) is 48.3 Å². The molecule has 792 valence electrons. The van der Waals surface area contributed by atoms with Crippen LogP contribution in [0.4, 0.5) is 0 Å². The molecule has 0 aliphatic rings. The largest absolute Gasteiger partial charge is 0.393 e. The first-order valence-electron chi connectivity index (χ1n) is 43.5. The van der Waals surface area contributed by atoms with Gasteiger partial charge in [0.25, 0.3) is 0 Å². The van der Waals surface area contributed by atoms with Crippen LogP contribution in [-0.2, 0) is 86.3 Å². The third-order valence-electron chi connectivity index (χ3n) is 19.3. The fourth-order valence-electron chi connectivity index (χ4n) is 12.8. The number of unbranched alkanes of at least 4 members (excludes halogenated alkanes) is 1. The highest BCUT2D eigenvalue weighted by Gasteiger charge is 2.33. The number of amides is 6. The second-order valence-corrected chi connectivity index (χ2v) is 33.9. The molecule has 19 N–H and O–H groups in total. The molecule has 1 unspecified atom stereocenters. The number of hydrogen-bond acceptors (Lipinski definition) is 25. The molecule has 0 saturated carbocycles. The highest BCUT2D eigenvalue weighted by atomic mass is 32.1. The number of hydrogen-bond donors (Lipinski definition) is 13. The van der Waals surface area contributed by atoms with Crippen molar-refractivity contribution in [1.82, 2.24) is 31.9 Å². The number of Topliss-reactive ketones (excluding diaryl/α,β-unsaturated/α-hetero) is 12. The summed E-state index contributed by atoms with van der Waals surface area (Å²) in [5.74, 6) is -2.56. The number of carbonyl (C=O) groups is 18. The van der Waals surface area contributed by atoms with Crippen LogP contribution in [-0.4, -0.2) is 192 Å². The predicted octanol–water partition coefficient (Wildman–Crippen LogP) is 8.72. The summed E-state index contributed by atoms with van der Waals surface area (Å²) >= 11 is 0. The zero-order chi connectivity index (χ0) is 94.2. The first-order chi connectivity index (χ1) is 55.8. The molecular weight excluding hydrogens is 1930 g/mol. The molecule has 13 atom stereocenters. The molecule has 0 radical (unpaired) electrons. The number of nitrogens with two attached hydrogens (primary N) is 6. The molecule has 0 aliphatic carbocycles. The summed E-state index contributed by atoms with van der Waals surface area (Å²) in [5.41, 5.74) is 32.9. The minimum Gasteiger partial charge on any atom is -0.393 e. The Balaban J connectivity index is -0.0000000726. The monoisotopic (exact) mass is 2120 g/mol. The third-order valence-corrected chi connectivity index (χ3v) is 19.3. The number of aliphatic hydroxyl groups excluding tert-OH is 1. The zero-order valence-electron chi connectivity index (χ0n) is 83.9. The topological polar surface area (TPSA) is 556 Å². The molecular formula is C89H190N12O19S12. The second-order valence-electron chi connectivity index (χ2n) is 33.9. The van der Waals surface area contributed by atoms with E-state index in [-0.39, 0.29) is 342 Å². The van der Waals surface area contributed by atoms with Crippen molar-refractivity contribution in [2.75, 3.05) is 39.3 Å². The lowest BCUT2D eigenvalue weighted by molar-refractivity contribution is -0.134. The summed E-state index contributed by atoms with van der Waals surface area (Å²) in [6.45, 7) is 42.3. The first-order valence-corrected chi connectivity index (χ1v) is 43.5. The molecule has 6 amide bonds. The van der Waals surface area contributed by atoms with Gasteiger partial charge in [0, 0.05) is 114 Å². The average Bonchev–Trinajstić information content (AvgIpc) is 0.895. The van der Waals surface area contributed by atoms with Crippen LogP contribution in [0.1, 0.15) is 313 Å². The van der Waals surface area contributed by atoms with Crippen molar-refractivity contribution >= 4 is 267 Å². The van der Waals surface area contributed by atoms with Gasteiger partial charge in [0.1, 0.15) is 34.7 Å². The van der Waals surface area contributed by atoms with E-state index in [9.17, 15) is 91.4 Å². The highest BCUT2D eigenvalue weighted by Crippen LogP contribution is 2.24. The predicted molar refractivity (Wildman–Crippen MR) is 596 cm³/mol. The number of rotatable bonds is 60. The van der Waals surface area contributed by atoms with E-state index in [0.717, 1.165) is 32.1 Å². The van der Waals surface area contributed by atoms with Crippen LogP contribution in [0.15, 0.2) is 0 Å². The van der Waals surface area contributed by atoms with E-state index >= 15 is 0 Å². The summed E-state index contributed by atoms with van der Waals surface area (Å²) in [6, 6.07) is -3.60. The summed E-state index contributed by atoms with van der Waals surface area (Å²) < 4.78 is 0. The van der Waals surface area contributed by atoms with Gasteiger partial charge < -0.3 is 76.2 Å². The van der Waals surface area contributed by atoms with Crippen molar-refractivity contribution in [3.63, 3.8) is 0 Å². The molecule has 0 aromatic carbocycles. The van der Waals surface area contributed by atoms with Crippen molar-refractivity contribution in [1.29, 1.82) is 0 Å². The average molecular weight is 2120 g/mol. The molecule has 132 heavy (non-hydrogen) atoms. The van der Waals surface area contributed by atoms with Crippen molar-refractivity contribution in [3.8, 4) is 0 Å². The molecule has 0 fully saturated rings. The fraction of sp³-hybridized carbons (Fsp3) is 0.798. The van der Waals surface area contributed by atoms with Gasteiger partial charge >= 0.3 is 0 Å². The molecule has 0 spiro atoms. The van der Waals surface area contributed by atoms with E-state index in [1.807, 2.05) is 90.0 Å². The van der Waals surface area contributed by atoms with Crippen LogP contribution in [0, 0.1) is 65.1 Å². The van der Waals surface area contributed by atoms with Gasteiger partial charge in [-0.15, -0.1) is 0 Å². The van der Waals surface area contributed by atoms with Crippen molar-refractivity contribution in [2.24, 2.45) is 99.5 Å². The van der Waals surface area contributed by atoms with Crippen LogP contribution in [0.5, 0.6) is 0 Å². The molecule has 31 nitrogen and oxygen atoms in total. The van der Waals surface area contributed by atoms with E-state index in [1.54, 1.807) is 0 Å². The lowest BCUT2D eigenvalue weighted by Crippen LogP contribution is -2.46. The first kappa shape index (κ1) is 171. The Morgan fingerprint density at radius 3 is 0.697 bits per heavy atom. The van der Waals surface area contributed by atoms with Crippen LogP contribution in [0.2, 0.25) is 0 Å². The van der Waals surface area contributed by atoms with Crippen LogP contribution >= 0.6 is 162 Å². The van der Waals surface area contributed by atoms with Gasteiger partial charge in [-0.25, -0.2) is 0 Å². The molecule has 0 heterocycles. The third kappa shape index (κ3) is 95.7. The number of aliphatic hydroxyl groups is 1. The maximum Gasteiger partial charge on any atom is 0.226 e. The van der Waals surface area contributed by atoms with Gasteiger partial charge in [0.15, 0.2) is 34.7 Å². The number of ketones is 12. The van der Waals surface area contributed by atoms with Gasteiger partial charge in [-0.05, 0) is 207 Å². The van der Waals surface area contributed by atoms with Gasteiger partial charge in [-0.2, -0.15) is 162 Å². The summed E-state index contributed by atoms with van der Waals surface area (Å²) in [4.78, 5) is 211. The quantitative estimate of drug-likeness (QED) is 0.0253. The van der Waals surface area contributed by atoms with Crippen molar-refractivity contribution < 1.29 is 91.4 Å². The van der Waals surface area contributed by atoms with Crippen LogP contribution < -0.4 is 66.3 Å². The Hall–Kier alpha value is -3.22.